The maximum Gasteiger partial charge on any atom is 0.313 e. The number of ether oxygens (including phenoxy) is 2. The van der Waals surface area contributed by atoms with Gasteiger partial charge < -0.3 is 9.47 Å². The zero-order chi connectivity index (χ0) is 32.1. The summed E-state index contributed by atoms with van der Waals surface area (Å²) < 4.78 is 10.1. The van der Waals surface area contributed by atoms with Crippen LogP contribution in [0.2, 0.25) is 0 Å². The number of carbonyl (C=O) groups is 2. The van der Waals surface area contributed by atoms with E-state index in [1.165, 1.54) is 25.3 Å². The molecule has 0 aliphatic heterocycles. The molecule has 2 aliphatic rings. The smallest absolute Gasteiger partial charge is 0.313 e. The maximum absolute atomic E-state index is 12.3. The molecular formula is C45H57ClO4. The third-order valence-corrected chi connectivity index (χ3v) is 9.10. The van der Waals surface area contributed by atoms with Gasteiger partial charge in [-0.25, -0.2) is 0 Å². The summed E-state index contributed by atoms with van der Waals surface area (Å²) in [7, 11) is 2.94. The number of hydrogen-bond donors (Lipinski definition) is 0. The van der Waals surface area contributed by atoms with Crippen molar-refractivity contribution in [2.45, 2.75) is 72.6 Å². The van der Waals surface area contributed by atoms with Gasteiger partial charge in [0, 0.05) is 0 Å². The Labute approximate surface area is 308 Å². The first-order chi connectivity index (χ1) is 22.6. The summed E-state index contributed by atoms with van der Waals surface area (Å²) in [6.45, 7) is 0. The predicted octanol–water partition coefficient (Wildman–Crippen LogP) is 12.3. The predicted molar refractivity (Wildman–Crippen MR) is 214 cm³/mol. The lowest BCUT2D eigenvalue weighted by Gasteiger charge is -2.25. The van der Waals surface area contributed by atoms with Crippen LogP contribution in [0.3, 0.4) is 0 Å². The summed E-state index contributed by atoms with van der Waals surface area (Å²) in [6, 6.07) is 37.2. The summed E-state index contributed by atoms with van der Waals surface area (Å²) in [5.74, 6) is -0.233. The molecule has 0 amide bonds. The summed E-state index contributed by atoms with van der Waals surface area (Å²) in [5.41, 5.74) is 6.77. The second kappa shape index (κ2) is 22.3. The highest BCUT2D eigenvalue weighted by Crippen LogP contribution is 2.36. The molecule has 6 rings (SSSR count). The Balaban J connectivity index is 0.000000463. The van der Waals surface area contributed by atoms with Gasteiger partial charge in [0.1, 0.15) is 0 Å². The van der Waals surface area contributed by atoms with Gasteiger partial charge in [0.25, 0.3) is 0 Å². The quantitative estimate of drug-likeness (QED) is 0.136. The molecule has 0 heterocycles. The Kier molecular flexibility index (Phi) is 19.5. The summed E-state index contributed by atoms with van der Waals surface area (Å²) in [4.78, 5) is 24.6. The Morgan fingerprint density at radius 1 is 0.520 bits per heavy atom. The monoisotopic (exact) mass is 696 g/mol. The molecule has 5 heteroatoms. The van der Waals surface area contributed by atoms with Crippen LogP contribution < -0.4 is 0 Å². The average molecular weight is 697 g/mol. The number of methoxy groups -OCH3 is 2. The van der Waals surface area contributed by atoms with Crippen LogP contribution in [0.4, 0.5) is 0 Å². The highest BCUT2D eigenvalue weighted by Gasteiger charge is 2.31. The van der Waals surface area contributed by atoms with Crippen molar-refractivity contribution in [3.63, 3.8) is 0 Å². The summed E-state index contributed by atoms with van der Waals surface area (Å²) in [6.07, 6.45) is 15.3. The number of carbonyl (C=O) groups excluding carboxylic acids is 2. The topological polar surface area (TPSA) is 52.6 Å². The molecule has 4 atom stereocenters. The maximum atomic E-state index is 12.3. The number of benzene rings is 4. The van der Waals surface area contributed by atoms with Crippen molar-refractivity contribution in [3.05, 3.63) is 145 Å². The van der Waals surface area contributed by atoms with E-state index >= 15 is 0 Å². The molecule has 2 aliphatic carbocycles. The molecule has 0 aromatic heterocycles. The Hall–Kier alpha value is -4.41. The molecule has 4 aromatic carbocycles. The molecule has 0 radical (unpaired) electrons. The first-order valence-electron chi connectivity index (χ1n) is 16.4. The second-order valence-corrected chi connectivity index (χ2v) is 12.0. The molecule has 0 spiro atoms. The zero-order valence-corrected chi connectivity index (χ0v) is 28.1. The minimum absolute atomic E-state index is 0. The van der Waals surface area contributed by atoms with Gasteiger partial charge in [-0.05, 0) is 83.7 Å². The van der Waals surface area contributed by atoms with Gasteiger partial charge in [-0.1, -0.05) is 156 Å². The SMILES string of the molecule is C.C.C.COC(=O)[C@@H](c1ccc(-c2ccccc2)cc1)[C@@H]1C=CCCC1.COC(=O)[C@@H](c1ccc(-c2ccccc2)cc1)[C@@H]1C=CCCC1.Cl. The molecule has 0 N–H and O–H groups in total. The average Bonchev–Trinajstić information content (AvgIpc) is 3.14. The van der Waals surface area contributed by atoms with E-state index in [9.17, 15) is 9.59 Å². The van der Waals surface area contributed by atoms with Crippen molar-refractivity contribution in [2.24, 2.45) is 11.8 Å². The van der Waals surface area contributed by atoms with Crippen LogP contribution in [0.1, 0.15) is 83.8 Å². The highest BCUT2D eigenvalue weighted by atomic mass is 35.5. The Morgan fingerprint density at radius 2 is 0.840 bits per heavy atom. The van der Waals surface area contributed by atoms with E-state index in [1.54, 1.807) is 0 Å². The fourth-order valence-corrected chi connectivity index (χ4v) is 6.63. The lowest BCUT2D eigenvalue weighted by molar-refractivity contribution is -0.144. The molecule has 4 nitrogen and oxygen atoms in total. The van der Waals surface area contributed by atoms with Crippen molar-refractivity contribution in [1.29, 1.82) is 0 Å². The van der Waals surface area contributed by atoms with Gasteiger partial charge >= 0.3 is 11.9 Å². The van der Waals surface area contributed by atoms with Crippen molar-refractivity contribution < 1.29 is 19.1 Å². The first kappa shape index (κ1) is 43.6. The van der Waals surface area contributed by atoms with Crippen molar-refractivity contribution in [2.75, 3.05) is 14.2 Å². The van der Waals surface area contributed by atoms with E-state index in [2.05, 4.69) is 97.1 Å². The lowest BCUT2D eigenvalue weighted by Crippen LogP contribution is -2.23. The van der Waals surface area contributed by atoms with Gasteiger partial charge in [-0.3, -0.25) is 9.59 Å². The molecule has 0 unspecified atom stereocenters. The minimum atomic E-state index is -0.207. The fourth-order valence-electron chi connectivity index (χ4n) is 6.63. The van der Waals surface area contributed by atoms with Gasteiger partial charge in [-0.2, -0.15) is 0 Å². The van der Waals surface area contributed by atoms with E-state index in [-0.39, 0.29) is 70.3 Å². The minimum Gasteiger partial charge on any atom is -0.469 e. The Morgan fingerprint density at radius 3 is 1.12 bits per heavy atom. The van der Waals surface area contributed by atoms with E-state index in [4.69, 9.17) is 9.47 Å². The van der Waals surface area contributed by atoms with Crippen LogP contribution in [0.25, 0.3) is 22.3 Å². The third-order valence-electron chi connectivity index (χ3n) is 9.10. The molecule has 0 saturated heterocycles. The molecule has 0 saturated carbocycles. The van der Waals surface area contributed by atoms with Gasteiger partial charge in [0.2, 0.25) is 0 Å². The van der Waals surface area contributed by atoms with E-state index in [0.717, 1.165) is 60.8 Å². The van der Waals surface area contributed by atoms with Crippen molar-refractivity contribution >= 4 is 24.3 Å². The standard InChI is InChI=1S/2C21H22O2.3CH4.ClH/c2*1-23-21(22)20(18-10-6-3-7-11-18)19-14-12-17(13-15-19)16-8-4-2-5-9-16;;;;/h2*2,4-6,8-10,12-15,18,20H,3,7,11H2,1H3;3*1H4;1H/t2*18-,20-;;;;/m11..../s1. The first-order valence-corrected chi connectivity index (χ1v) is 16.4. The second-order valence-electron chi connectivity index (χ2n) is 12.0. The largest absolute Gasteiger partial charge is 0.469 e. The van der Waals surface area contributed by atoms with Crippen LogP contribution in [0.5, 0.6) is 0 Å². The van der Waals surface area contributed by atoms with Crippen molar-refractivity contribution in [1.82, 2.24) is 0 Å². The molecule has 268 valence electrons. The van der Waals surface area contributed by atoms with Crippen LogP contribution >= 0.6 is 12.4 Å². The van der Waals surface area contributed by atoms with E-state index < -0.39 is 0 Å². The molecule has 4 aromatic rings. The molecule has 0 bridgehead atoms. The highest BCUT2D eigenvalue weighted by molar-refractivity contribution is 5.85. The molecule has 0 fully saturated rings. The summed E-state index contributed by atoms with van der Waals surface area (Å²) in [5, 5.41) is 0. The lowest BCUT2D eigenvalue weighted by atomic mass is 9.80. The van der Waals surface area contributed by atoms with Gasteiger partial charge in [0.15, 0.2) is 0 Å². The molecule has 50 heavy (non-hydrogen) atoms. The Bertz CT molecular complexity index is 1470. The van der Waals surface area contributed by atoms with Crippen LogP contribution in [0, 0.1) is 11.8 Å². The van der Waals surface area contributed by atoms with Gasteiger partial charge in [-0.15, -0.1) is 12.4 Å². The number of rotatable bonds is 8. The zero-order valence-electron chi connectivity index (χ0n) is 27.3. The van der Waals surface area contributed by atoms with E-state index in [0.29, 0.717) is 0 Å². The van der Waals surface area contributed by atoms with E-state index in [1.807, 2.05) is 36.4 Å². The number of hydrogen-bond acceptors (Lipinski definition) is 4. The fraction of sp³-hybridized carbons (Fsp3) is 0.333. The van der Waals surface area contributed by atoms with Crippen LogP contribution in [-0.2, 0) is 19.1 Å². The number of esters is 2. The number of halogens is 1. The van der Waals surface area contributed by atoms with Crippen LogP contribution in [0.15, 0.2) is 133 Å². The van der Waals surface area contributed by atoms with Gasteiger partial charge in [0.05, 0.1) is 26.1 Å². The number of allylic oxidation sites excluding steroid dienone is 4. The summed E-state index contributed by atoms with van der Waals surface area (Å²) >= 11 is 0. The van der Waals surface area contributed by atoms with Crippen molar-refractivity contribution in [3.8, 4) is 22.3 Å². The molecular weight excluding hydrogens is 640 g/mol. The third kappa shape index (κ3) is 11.3. The normalized spacial score (nSPS) is 16.9. The van der Waals surface area contributed by atoms with Crippen LogP contribution in [-0.4, -0.2) is 26.2 Å².